The molecule has 0 bridgehead atoms. The molecule has 1 aliphatic rings. The Morgan fingerprint density at radius 3 is 2.71 bits per heavy atom. The second-order valence-electron chi connectivity index (χ2n) is 5.10. The van der Waals surface area contributed by atoms with Gasteiger partial charge in [0.15, 0.2) is 6.61 Å². The predicted molar refractivity (Wildman–Crippen MR) is 78.3 cm³/mol. The van der Waals surface area contributed by atoms with Gasteiger partial charge in [0.2, 0.25) is 0 Å². The summed E-state index contributed by atoms with van der Waals surface area (Å²) in [7, 11) is 0. The van der Waals surface area contributed by atoms with Crippen LogP contribution in [0, 0.1) is 11.3 Å². The Bertz CT molecular complexity index is 561. The maximum atomic E-state index is 12.1. The molecule has 1 aromatic carbocycles. The molecule has 5 nitrogen and oxygen atoms in total. The van der Waals surface area contributed by atoms with Crippen molar-refractivity contribution in [3.8, 4) is 11.8 Å². The number of nitrogens with zero attached hydrogens (tertiary/aromatic N) is 2. The molecule has 1 amide bonds. The van der Waals surface area contributed by atoms with Crippen LogP contribution in [0.4, 0.5) is 0 Å². The lowest BCUT2D eigenvalue weighted by atomic mass is 10.2. The first-order valence-electron chi connectivity index (χ1n) is 6.75. The van der Waals surface area contributed by atoms with Gasteiger partial charge < -0.3 is 14.4 Å². The molecule has 2 unspecified atom stereocenters. The third-order valence-corrected chi connectivity index (χ3v) is 3.51. The van der Waals surface area contributed by atoms with E-state index in [1.54, 1.807) is 17.0 Å². The van der Waals surface area contributed by atoms with Crippen molar-refractivity contribution < 1.29 is 14.3 Å². The normalized spacial score (nSPS) is 21.7. The van der Waals surface area contributed by atoms with Crippen LogP contribution in [-0.2, 0) is 9.53 Å². The molecule has 6 heteroatoms. The van der Waals surface area contributed by atoms with Crippen LogP contribution in [0.3, 0.4) is 0 Å². The number of morpholine rings is 1. The van der Waals surface area contributed by atoms with Crippen molar-refractivity contribution in [2.24, 2.45) is 0 Å². The highest BCUT2D eigenvalue weighted by Crippen LogP contribution is 2.22. The summed E-state index contributed by atoms with van der Waals surface area (Å²) in [6, 6.07) is 6.71. The van der Waals surface area contributed by atoms with E-state index in [2.05, 4.69) is 0 Å². The van der Waals surface area contributed by atoms with Gasteiger partial charge in [-0.05, 0) is 26.0 Å². The first-order valence-corrected chi connectivity index (χ1v) is 7.13. The minimum Gasteiger partial charge on any atom is -0.484 e. The molecular formula is C15H17ClN2O3. The van der Waals surface area contributed by atoms with E-state index in [9.17, 15) is 4.79 Å². The minimum atomic E-state index is -0.0857. The quantitative estimate of drug-likeness (QED) is 0.859. The fraction of sp³-hybridized carbons (Fsp3) is 0.467. The molecule has 1 saturated heterocycles. The molecule has 1 fully saturated rings. The molecule has 0 N–H and O–H groups in total. The summed E-state index contributed by atoms with van der Waals surface area (Å²) in [5, 5.41) is 9.12. The number of hydrogen-bond acceptors (Lipinski definition) is 4. The summed E-state index contributed by atoms with van der Waals surface area (Å²) in [6.07, 6.45) is 0.0594. The molecule has 0 aliphatic carbocycles. The highest BCUT2D eigenvalue weighted by Gasteiger charge is 2.25. The number of ether oxygens (including phenoxy) is 2. The fourth-order valence-corrected chi connectivity index (χ4v) is 2.51. The first-order chi connectivity index (χ1) is 9.99. The van der Waals surface area contributed by atoms with E-state index in [-0.39, 0.29) is 24.7 Å². The lowest BCUT2D eigenvalue weighted by molar-refractivity contribution is -0.145. The topological polar surface area (TPSA) is 62.6 Å². The average Bonchev–Trinajstić information content (AvgIpc) is 2.43. The van der Waals surface area contributed by atoms with E-state index in [4.69, 9.17) is 26.3 Å². The van der Waals surface area contributed by atoms with Crippen LogP contribution in [0.5, 0.6) is 5.75 Å². The van der Waals surface area contributed by atoms with Crippen molar-refractivity contribution >= 4 is 17.5 Å². The lowest BCUT2D eigenvalue weighted by Crippen LogP contribution is -2.49. The third-order valence-electron chi connectivity index (χ3n) is 3.20. The van der Waals surface area contributed by atoms with Crippen LogP contribution in [0.1, 0.15) is 19.4 Å². The number of rotatable bonds is 3. The van der Waals surface area contributed by atoms with E-state index >= 15 is 0 Å². The van der Waals surface area contributed by atoms with Gasteiger partial charge in [-0.25, -0.2) is 0 Å². The van der Waals surface area contributed by atoms with Gasteiger partial charge in [0.1, 0.15) is 11.8 Å². The Labute approximate surface area is 129 Å². The summed E-state index contributed by atoms with van der Waals surface area (Å²) in [5.41, 5.74) is 0.381. The van der Waals surface area contributed by atoms with Crippen LogP contribution in [0.25, 0.3) is 0 Å². The van der Waals surface area contributed by atoms with E-state index in [1.165, 1.54) is 6.07 Å². The molecule has 1 aromatic rings. The number of benzene rings is 1. The Hall–Kier alpha value is -1.77. The molecular weight excluding hydrogens is 292 g/mol. The highest BCUT2D eigenvalue weighted by atomic mass is 35.5. The number of amides is 1. The average molecular weight is 309 g/mol. The van der Waals surface area contributed by atoms with Crippen LogP contribution in [0.15, 0.2) is 18.2 Å². The van der Waals surface area contributed by atoms with Gasteiger partial charge in [-0.3, -0.25) is 4.79 Å². The maximum Gasteiger partial charge on any atom is 0.260 e. The summed E-state index contributed by atoms with van der Waals surface area (Å²) >= 11 is 5.92. The van der Waals surface area contributed by atoms with Gasteiger partial charge in [0, 0.05) is 19.2 Å². The fourth-order valence-electron chi connectivity index (χ4n) is 2.29. The molecule has 0 saturated carbocycles. The van der Waals surface area contributed by atoms with Crippen molar-refractivity contribution in [2.45, 2.75) is 26.1 Å². The molecule has 2 atom stereocenters. The molecule has 2 rings (SSSR count). The molecule has 1 heterocycles. The van der Waals surface area contributed by atoms with Crippen molar-refractivity contribution in [3.63, 3.8) is 0 Å². The zero-order chi connectivity index (χ0) is 15.4. The second kappa shape index (κ2) is 6.79. The van der Waals surface area contributed by atoms with Crippen molar-refractivity contribution in [1.29, 1.82) is 5.26 Å². The highest BCUT2D eigenvalue weighted by molar-refractivity contribution is 6.31. The van der Waals surface area contributed by atoms with Gasteiger partial charge >= 0.3 is 0 Å². The van der Waals surface area contributed by atoms with Crippen molar-refractivity contribution in [2.75, 3.05) is 19.7 Å². The molecule has 0 spiro atoms. The van der Waals surface area contributed by atoms with Crippen LogP contribution < -0.4 is 4.74 Å². The van der Waals surface area contributed by atoms with E-state index in [1.807, 2.05) is 19.9 Å². The van der Waals surface area contributed by atoms with E-state index in [0.29, 0.717) is 29.4 Å². The van der Waals surface area contributed by atoms with Crippen molar-refractivity contribution in [1.82, 2.24) is 4.90 Å². The van der Waals surface area contributed by atoms with Crippen LogP contribution in [-0.4, -0.2) is 42.7 Å². The second-order valence-corrected chi connectivity index (χ2v) is 5.51. The van der Waals surface area contributed by atoms with E-state index in [0.717, 1.165) is 0 Å². The minimum absolute atomic E-state index is 0.0297. The molecule has 0 aromatic heterocycles. The maximum absolute atomic E-state index is 12.1. The third kappa shape index (κ3) is 4.10. The van der Waals surface area contributed by atoms with Gasteiger partial charge in [-0.15, -0.1) is 0 Å². The molecule has 1 aliphatic heterocycles. The monoisotopic (exact) mass is 308 g/mol. The Morgan fingerprint density at radius 1 is 1.48 bits per heavy atom. The zero-order valence-electron chi connectivity index (χ0n) is 12.0. The summed E-state index contributed by atoms with van der Waals surface area (Å²) in [6.45, 7) is 4.97. The van der Waals surface area contributed by atoms with Gasteiger partial charge in [-0.1, -0.05) is 11.6 Å². The van der Waals surface area contributed by atoms with Crippen molar-refractivity contribution in [3.05, 3.63) is 28.8 Å². The lowest BCUT2D eigenvalue weighted by Gasteiger charge is -2.35. The smallest absolute Gasteiger partial charge is 0.260 e. The molecule has 112 valence electrons. The van der Waals surface area contributed by atoms with Gasteiger partial charge in [0.25, 0.3) is 5.91 Å². The SMILES string of the molecule is CC1CN(C(=O)COc2ccc(C#N)c(Cl)c2)CC(C)O1. The number of carbonyl (C=O) groups excluding carboxylic acids is 1. The number of hydrogen-bond donors (Lipinski definition) is 0. The first kappa shape index (κ1) is 15.6. The molecule has 0 radical (unpaired) electrons. The standard InChI is InChI=1S/C15H17ClN2O3/c1-10-7-18(8-11(2)21-10)15(19)9-20-13-4-3-12(6-17)14(16)5-13/h3-5,10-11H,7-9H2,1-2H3. The Kier molecular flexibility index (Phi) is 5.05. The van der Waals surface area contributed by atoms with Gasteiger partial charge in [-0.2, -0.15) is 5.26 Å². The van der Waals surface area contributed by atoms with Gasteiger partial charge in [0.05, 0.1) is 22.8 Å². The Balaban J connectivity index is 1.92. The number of carbonyl (C=O) groups is 1. The zero-order valence-corrected chi connectivity index (χ0v) is 12.8. The predicted octanol–water partition coefficient (Wildman–Crippen LogP) is 2.23. The van der Waals surface area contributed by atoms with Crippen LogP contribution in [0.2, 0.25) is 5.02 Å². The number of halogens is 1. The summed E-state index contributed by atoms with van der Waals surface area (Å²) < 4.78 is 11.0. The van der Waals surface area contributed by atoms with Crippen LogP contribution >= 0.6 is 11.6 Å². The molecule has 21 heavy (non-hydrogen) atoms. The summed E-state index contributed by atoms with van der Waals surface area (Å²) in [4.78, 5) is 13.9. The largest absolute Gasteiger partial charge is 0.484 e. The Morgan fingerprint density at radius 2 is 2.14 bits per heavy atom. The number of nitriles is 1. The van der Waals surface area contributed by atoms with E-state index < -0.39 is 0 Å². The summed E-state index contributed by atoms with van der Waals surface area (Å²) in [5.74, 6) is 0.388.